The molecule has 1 aromatic rings. The van der Waals surface area contributed by atoms with Crippen molar-refractivity contribution >= 4 is 11.3 Å². The predicted octanol–water partition coefficient (Wildman–Crippen LogP) is 3.87. The average Bonchev–Trinajstić information content (AvgIpc) is 2.75. The Bertz CT molecular complexity index is 319. The molecule has 0 aliphatic heterocycles. The Hall–Kier alpha value is -0.340. The minimum atomic E-state index is -0.408. The molecular formula is C14H22OS. The maximum Gasteiger partial charge on any atom is 0.0676 e. The first kappa shape index (κ1) is 12.1. The van der Waals surface area contributed by atoms with Crippen LogP contribution >= 0.6 is 11.3 Å². The summed E-state index contributed by atoms with van der Waals surface area (Å²) in [6, 6.07) is 2.17. The van der Waals surface area contributed by atoms with Crippen LogP contribution in [0, 0.1) is 11.8 Å². The van der Waals surface area contributed by atoms with Gasteiger partial charge in [0.2, 0.25) is 0 Å². The SMILES string of the molecule is CC1CCC(O)(CCc2ccsc2)C(C)C1. The summed E-state index contributed by atoms with van der Waals surface area (Å²) in [4.78, 5) is 0. The quantitative estimate of drug-likeness (QED) is 0.847. The van der Waals surface area contributed by atoms with Crippen LogP contribution in [0.1, 0.15) is 45.1 Å². The van der Waals surface area contributed by atoms with Crippen LogP contribution in [-0.4, -0.2) is 10.7 Å². The molecule has 1 N–H and O–H groups in total. The summed E-state index contributed by atoms with van der Waals surface area (Å²) in [5.74, 6) is 1.24. The molecule has 0 spiro atoms. The van der Waals surface area contributed by atoms with Crippen molar-refractivity contribution in [2.24, 2.45) is 11.8 Å². The summed E-state index contributed by atoms with van der Waals surface area (Å²) in [6.45, 7) is 4.51. The molecule has 3 atom stereocenters. The van der Waals surface area contributed by atoms with Gasteiger partial charge in [0, 0.05) is 0 Å². The number of hydrogen-bond donors (Lipinski definition) is 1. The third-order valence-electron chi connectivity index (χ3n) is 4.17. The van der Waals surface area contributed by atoms with Crippen molar-refractivity contribution in [2.75, 3.05) is 0 Å². The van der Waals surface area contributed by atoms with Gasteiger partial charge in [-0.25, -0.2) is 0 Å². The molecule has 1 aliphatic rings. The minimum absolute atomic E-state index is 0.408. The molecule has 3 unspecified atom stereocenters. The second-order valence-corrected chi connectivity index (χ2v) is 6.30. The summed E-state index contributed by atoms with van der Waals surface area (Å²) in [5, 5.41) is 15.0. The summed E-state index contributed by atoms with van der Waals surface area (Å²) in [5.41, 5.74) is 0.971. The van der Waals surface area contributed by atoms with E-state index in [1.807, 2.05) is 0 Å². The normalized spacial score (nSPS) is 35.2. The van der Waals surface area contributed by atoms with Crippen molar-refractivity contribution in [1.82, 2.24) is 0 Å². The summed E-state index contributed by atoms with van der Waals surface area (Å²) < 4.78 is 0. The second-order valence-electron chi connectivity index (χ2n) is 5.52. The Morgan fingerprint density at radius 2 is 2.31 bits per heavy atom. The van der Waals surface area contributed by atoms with Crippen molar-refractivity contribution in [2.45, 2.75) is 51.6 Å². The number of rotatable bonds is 3. The highest BCUT2D eigenvalue weighted by atomic mass is 32.1. The molecule has 1 saturated carbocycles. The van der Waals surface area contributed by atoms with Crippen LogP contribution in [0.4, 0.5) is 0 Å². The Labute approximate surface area is 103 Å². The first-order valence-electron chi connectivity index (χ1n) is 6.33. The van der Waals surface area contributed by atoms with E-state index in [1.54, 1.807) is 11.3 Å². The lowest BCUT2D eigenvalue weighted by atomic mass is 9.70. The highest BCUT2D eigenvalue weighted by Gasteiger charge is 2.37. The van der Waals surface area contributed by atoms with Gasteiger partial charge < -0.3 is 5.11 Å². The van der Waals surface area contributed by atoms with Gasteiger partial charge in [-0.1, -0.05) is 13.8 Å². The first-order chi connectivity index (χ1) is 7.60. The van der Waals surface area contributed by atoms with E-state index in [9.17, 15) is 5.11 Å². The van der Waals surface area contributed by atoms with Gasteiger partial charge in [-0.15, -0.1) is 0 Å². The maximum atomic E-state index is 10.7. The second kappa shape index (κ2) is 4.89. The topological polar surface area (TPSA) is 20.2 Å². The van der Waals surface area contributed by atoms with E-state index < -0.39 is 5.60 Å². The van der Waals surface area contributed by atoms with Crippen LogP contribution in [0.25, 0.3) is 0 Å². The number of thiophene rings is 1. The lowest BCUT2D eigenvalue weighted by molar-refractivity contribution is -0.0588. The highest BCUT2D eigenvalue weighted by molar-refractivity contribution is 7.07. The Balaban J connectivity index is 1.92. The van der Waals surface area contributed by atoms with E-state index in [1.165, 1.54) is 18.4 Å². The van der Waals surface area contributed by atoms with Crippen LogP contribution in [0.5, 0.6) is 0 Å². The predicted molar refractivity (Wildman–Crippen MR) is 69.8 cm³/mol. The lowest BCUT2D eigenvalue weighted by Gasteiger charge is -2.41. The zero-order valence-electron chi connectivity index (χ0n) is 10.3. The van der Waals surface area contributed by atoms with Crippen LogP contribution in [-0.2, 0) is 6.42 Å². The molecule has 0 amide bonds. The van der Waals surface area contributed by atoms with Gasteiger partial charge in [0.1, 0.15) is 0 Å². The summed E-state index contributed by atoms with van der Waals surface area (Å²) in [7, 11) is 0. The molecule has 0 saturated heterocycles. The molecule has 1 heterocycles. The van der Waals surface area contributed by atoms with Gasteiger partial charge in [-0.2, -0.15) is 11.3 Å². The largest absolute Gasteiger partial charge is 0.390 e. The Morgan fingerprint density at radius 3 is 2.94 bits per heavy atom. The van der Waals surface area contributed by atoms with E-state index >= 15 is 0 Å². The van der Waals surface area contributed by atoms with E-state index in [0.717, 1.165) is 25.2 Å². The number of hydrogen-bond acceptors (Lipinski definition) is 2. The molecule has 1 aromatic heterocycles. The molecule has 2 rings (SSSR count). The minimum Gasteiger partial charge on any atom is -0.390 e. The molecule has 1 fully saturated rings. The van der Waals surface area contributed by atoms with Gasteiger partial charge in [-0.05, 0) is 66.3 Å². The average molecular weight is 238 g/mol. The standard InChI is InChI=1S/C14H22OS/c1-11-3-6-14(15,12(2)9-11)7-4-13-5-8-16-10-13/h5,8,10-12,15H,3-4,6-7,9H2,1-2H3. The molecule has 1 nitrogen and oxygen atoms in total. The fraction of sp³-hybridized carbons (Fsp3) is 0.714. The first-order valence-corrected chi connectivity index (χ1v) is 7.28. The van der Waals surface area contributed by atoms with Gasteiger partial charge >= 0.3 is 0 Å². The van der Waals surface area contributed by atoms with Crippen LogP contribution < -0.4 is 0 Å². The van der Waals surface area contributed by atoms with Gasteiger partial charge in [-0.3, -0.25) is 0 Å². The fourth-order valence-electron chi connectivity index (χ4n) is 2.85. The lowest BCUT2D eigenvalue weighted by Crippen LogP contribution is -2.41. The molecule has 0 radical (unpaired) electrons. The van der Waals surface area contributed by atoms with Gasteiger partial charge in [0.25, 0.3) is 0 Å². The third kappa shape index (κ3) is 2.67. The molecule has 0 bridgehead atoms. The van der Waals surface area contributed by atoms with Gasteiger partial charge in [0.15, 0.2) is 0 Å². The third-order valence-corrected chi connectivity index (χ3v) is 4.90. The molecule has 0 aromatic carbocycles. The van der Waals surface area contributed by atoms with Crippen LogP contribution in [0.2, 0.25) is 0 Å². The summed E-state index contributed by atoms with van der Waals surface area (Å²) in [6.07, 6.45) is 5.31. The zero-order valence-corrected chi connectivity index (χ0v) is 11.1. The highest BCUT2D eigenvalue weighted by Crippen LogP contribution is 2.39. The molecule has 16 heavy (non-hydrogen) atoms. The van der Waals surface area contributed by atoms with E-state index in [0.29, 0.717) is 5.92 Å². The van der Waals surface area contributed by atoms with E-state index in [4.69, 9.17) is 0 Å². The summed E-state index contributed by atoms with van der Waals surface area (Å²) >= 11 is 1.74. The monoisotopic (exact) mass is 238 g/mol. The van der Waals surface area contributed by atoms with Crippen molar-refractivity contribution in [3.05, 3.63) is 22.4 Å². The Kier molecular flexibility index (Phi) is 3.70. The van der Waals surface area contributed by atoms with Crippen LogP contribution in [0.3, 0.4) is 0 Å². The van der Waals surface area contributed by atoms with E-state index in [2.05, 4.69) is 30.7 Å². The maximum absolute atomic E-state index is 10.7. The fourth-order valence-corrected chi connectivity index (χ4v) is 3.55. The Morgan fingerprint density at radius 1 is 1.50 bits per heavy atom. The molecular weight excluding hydrogens is 216 g/mol. The molecule has 1 aliphatic carbocycles. The number of aryl methyl sites for hydroxylation is 1. The van der Waals surface area contributed by atoms with Crippen molar-refractivity contribution in [3.8, 4) is 0 Å². The van der Waals surface area contributed by atoms with E-state index in [-0.39, 0.29) is 0 Å². The van der Waals surface area contributed by atoms with Crippen molar-refractivity contribution in [1.29, 1.82) is 0 Å². The molecule has 2 heteroatoms. The van der Waals surface area contributed by atoms with Crippen molar-refractivity contribution < 1.29 is 5.11 Å². The number of aliphatic hydroxyl groups is 1. The zero-order chi connectivity index (χ0) is 11.6. The van der Waals surface area contributed by atoms with Crippen molar-refractivity contribution in [3.63, 3.8) is 0 Å². The van der Waals surface area contributed by atoms with Gasteiger partial charge in [0.05, 0.1) is 5.60 Å². The molecule has 90 valence electrons. The van der Waals surface area contributed by atoms with Crippen LogP contribution in [0.15, 0.2) is 16.8 Å². The smallest absolute Gasteiger partial charge is 0.0676 e.